The van der Waals surface area contributed by atoms with Gasteiger partial charge in [0.05, 0.1) is 21.3 Å². The minimum absolute atomic E-state index is 0.00307. The molecule has 0 amide bonds. The smallest absolute Gasteiger partial charge is 0.236 e. The van der Waals surface area contributed by atoms with E-state index in [1.807, 2.05) is 13.0 Å². The van der Waals surface area contributed by atoms with E-state index in [-0.39, 0.29) is 34.6 Å². The number of hydrogen-bond donors (Lipinski definition) is 0. The average Bonchev–Trinajstić information content (AvgIpc) is 2.75. The lowest BCUT2D eigenvalue weighted by molar-refractivity contribution is 0.103. The lowest BCUT2D eigenvalue weighted by atomic mass is 9.86. The van der Waals surface area contributed by atoms with Crippen LogP contribution in [0.4, 0.5) is 0 Å². The number of aryl methyl sites for hydroxylation is 2. The second-order valence-electron chi connectivity index (χ2n) is 10.1. The van der Waals surface area contributed by atoms with Crippen LogP contribution in [0.15, 0.2) is 30.3 Å². The van der Waals surface area contributed by atoms with Crippen molar-refractivity contribution in [2.75, 3.05) is 27.5 Å². The molecule has 2 rings (SSSR count). The summed E-state index contributed by atoms with van der Waals surface area (Å²) in [5.41, 5.74) is 0.298. The zero-order valence-corrected chi connectivity index (χ0v) is 22.7. The second kappa shape index (κ2) is 10.8. The number of methoxy groups -OCH3 is 3. The van der Waals surface area contributed by atoms with Crippen LogP contribution in [0.25, 0.3) is 0 Å². The van der Waals surface area contributed by atoms with E-state index in [4.69, 9.17) is 14.2 Å². The topological polar surface area (TPSA) is 78.9 Å². The van der Waals surface area contributed by atoms with Crippen LogP contribution in [0, 0.1) is 25.2 Å². The third kappa shape index (κ3) is 5.90. The highest BCUT2D eigenvalue weighted by Crippen LogP contribution is 2.57. The standard InChI is InChI=1S/C27H37O6P/c1-17(15-27(4,5)6)16-34(30,25(28)23-18(2)11-10-12-19(23)3)26(29)24-21(32-8)13-20(31-7)14-22(24)33-9/h10-14,17H,15-16H2,1-9H3. The summed E-state index contributed by atoms with van der Waals surface area (Å²) in [6, 6.07) is 8.49. The van der Waals surface area contributed by atoms with Crippen molar-refractivity contribution in [1.82, 2.24) is 0 Å². The number of carbonyl (C=O) groups excluding carboxylic acids is 2. The Hall–Kier alpha value is -2.59. The van der Waals surface area contributed by atoms with Crippen LogP contribution in [0.2, 0.25) is 0 Å². The van der Waals surface area contributed by atoms with Crippen LogP contribution in [-0.4, -0.2) is 38.5 Å². The van der Waals surface area contributed by atoms with Gasteiger partial charge in [0.15, 0.2) is 0 Å². The van der Waals surface area contributed by atoms with Gasteiger partial charge in [-0.1, -0.05) is 45.9 Å². The molecule has 2 unspecified atom stereocenters. The van der Waals surface area contributed by atoms with Gasteiger partial charge < -0.3 is 18.8 Å². The highest BCUT2D eigenvalue weighted by atomic mass is 31.2. The molecule has 0 radical (unpaired) electrons. The first-order valence-electron chi connectivity index (χ1n) is 11.3. The van der Waals surface area contributed by atoms with E-state index in [1.54, 1.807) is 26.0 Å². The van der Waals surface area contributed by atoms with E-state index in [9.17, 15) is 14.2 Å². The molecule has 0 fully saturated rings. The summed E-state index contributed by atoms with van der Waals surface area (Å²) in [6.45, 7) is 11.8. The molecule has 0 saturated heterocycles. The van der Waals surface area contributed by atoms with Gasteiger partial charge in [-0.3, -0.25) is 9.59 Å². The summed E-state index contributed by atoms with van der Waals surface area (Å²) in [6.07, 6.45) is 0.676. The maximum Gasteiger partial charge on any atom is 0.236 e. The number of carbonyl (C=O) groups is 2. The van der Waals surface area contributed by atoms with E-state index >= 15 is 0 Å². The van der Waals surface area contributed by atoms with Gasteiger partial charge in [0.2, 0.25) is 18.2 Å². The van der Waals surface area contributed by atoms with Gasteiger partial charge in [-0.25, -0.2) is 0 Å². The predicted molar refractivity (Wildman–Crippen MR) is 136 cm³/mol. The fourth-order valence-electron chi connectivity index (χ4n) is 4.54. The molecule has 2 aromatic rings. The van der Waals surface area contributed by atoms with E-state index in [0.717, 1.165) is 0 Å². The van der Waals surface area contributed by atoms with Gasteiger partial charge in [-0.2, -0.15) is 0 Å². The molecule has 0 aliphatic heterocycles. The van der Waals surface area contributed by atoms with Gasteiger partial charge in [0.1, 0.15) is 22.8 Å². The van der Waals surface area contributed by atoms with Crippen LogP contribution in [0.1, 0.15) is 66.0 Å². The quantitative estimate of drug-likeness (QED) is 0.344. The number of hydrogen-bond acceptors (Lipinski definition) is 6. The van der Waals surface area contributed by atoms with Crippen molar-refractivity contribution < 1.29 is 28.4 Å². The molecule has 6 nitrogen and oxygen atoms in total. The number of benzene rings is 2. The first-order valence-corrected chi connectivity index (χ1v) is 13.2. The Bertz CT molecular complexity index is 1070. The molecular formula is C27H37O6P. The molecule has 0 heterocycles. The zero-order chi connectivity index (χ0) is 25.8. The molecule has 0 aliphatic carbocycles. The Morgan fingerprint density at radius 1 is 0.882 bits per heavy atom. The highest BCUT2D eigenvalue weighted by Gasteiger charge is 2.45. The van der Waals surface area contributed by atoms with Gasteiger partial charge in [-0.15, -0.1) is 0 Å². The number of rotatable bonds is 10. The molecule has 0 aliphatic rings. The lowest BCUT2D eigenvalue weighted by Crippen LogP contribution is -2.22. The maximum atomic E-state index is 14.7. The van der Waals surface area contributed by atoms with Crippen molar-refractivity contribution >= 4 is 18.2 Å². The molecule has 34 heavy (non-hydrogen) atoms. The zero-order valence-electron chi connectivity index (χ0n) is 21.8. The third-order valence-electron chi connectivity index (χ3n) is 5.81. The highest BCUT2D eigenvalue weighted by molar-refractivity contribution is 7.95. The summed E-state index contributed by atoms with van der Waals surface area (Å²) < 4.78 is 30.8. The van der Waals surface area contributed by atoms with Crippen LogP contribution in [0.3, 0.4) is 0 Å². The summed E-state index contributed by atoms with van der Waals surface area (Å²) in [5, 5.41) is 0. The Kier molecular flexibility index (Phi) is 8.76. The Balaban J connectivity index is 2.75. The Morgan fingerprint density at radius 3 is 1.76 bits per heavy atom. The summed E-state index contributed by atoms with van der Waals surface area (Å²) >= 11 is 0. The van der Waals surface area contributed by atoms with Crippen molar-refractivity contribution in [3.8, 4) is 17.2 Å². The van der Waals surface area contributed by atoms with Crippen LogP contribution in [0.5, 0.6) is 17.2 Å². The lowest BCUT2D eigenvalue weighted by Gasteiger charge is -2.27. The molecule has 0 spiro atoms. The van der Waals surface area contributed by atoms with E-state index < -0.39 is 18.2 Å². The summed E-state index contributed by atoms with van der Waals surface area (Å²) in [7, 11) is 0.178. The monoisotopic (exact) mass is 488 g/mol. The second-order valence-corrected chi connectivity index (χ2v) is 12.7. The van der Waals surface area contributed by atoms with Gasteiger partial charge in [0, 0.05) is 23.9 Å². The molecular weight excluding hydrogens is 451 g/mol. The first kappa shape index (κ1) is 27.7. The molecule has 0 N–H and O–H groups in total. The van der Waals surface area contributed by atoms with Crippen molar-refractivity contribution in [1.29, 1.82) is 0 Å². The first-order chi connectivity index (χ1) is 15.8. The molecule has 7 heteroatoms. The fraction of sp³-hybridized carbons (Fsp3) is 0.481. The summed E-state index contributed by atoms with van der Waals surface area (Å²) in [5.74, 6) is 0.596. The van der Waals surface area contributed by atoms with Crippen LogP contribution in [-0.2, 0) is 4.57 Å². The van der Waals surface area contributed by atoms with Crippen molar-refractivity contribution in [2.45, 2.75) is 48.0 Å². The number of ether oxygens (including phenoxy) is 3. The van der Waals surface area contributed by atoms with Crippen molar-refractivity contribution in [2.24, 2.45) is 11.3 Å². The molecule has 2 aromatic carbocycles. The normalized spacial score (nSPS) is 14.1. The van der Waals surface area contributed by atoms with Crippen molar-refractivity contribution in [3.05, 3.63) is 52.6 Å². The third-order valence-corrected chi connectivity index (χ3v) is 8.71. The SMILES string of the molecule is COc1cc(OC)c(C(=O)P(=O)(CC(C)CC(C)(C)C)C(=O)c2c(C)cccc2C)c(OC)c1. The molecule has 2 atom stereocenters. The minimum atomic E-state index is -4.12. The molecule has 0 saturated carbocycles. The van der Waals surface area contributed by atoms with Gasteiger partial charge in [-0.05, 0) is 42.7 Å². The Labute approximate surface area is 203 Å². The van der Waals surface area contributed by atoms with E-state index in [1.165, 1.54) is 33.5 Å². The average molecular weight is 489 g/mol. The maximum absolute atomic E-state index is 14.7. The van der Waals surface area contributed by atoms with Crippen molar-refractivity contribution in [3.63, 3.8) is 0 Å². The van der Waals surface area contributed by atoms with E-state index in [2.05, 4.69) is 20.8 Å². The molecule has 0 aromatic heterocycles. The largest absolute Gasteiger partial charge is 0.496 e. The van der Waals surface area contributed by atoms with Gasteiger partial charge in [0.25, 0.3) is 0 Å². The predicted octanol–water partition coefficient (Wildman–Crippen LogP) is 6.75. The summed E-state index contributed by atoms with van der Waals surface area (Å²) in [4.78, 5) is 28.0. The van der Waals surface area contributed by atoms with Crippen LogP contribution >= 0.6 is 7.14 Å². The molecule has 186 valence electrons. The van der Waals surface area contributed by atoms with Gasteiger partial charge >= 0.3 is 0 Å². The van der Waals surface area contributed by atoms with E-state index in [0.29, 0.717) is 28.9 Å². The minimum Gasteiger partial charge on any atom is -0.496 e. The molecule has 0 bridgehead atoms. The fourth-order valence-corrected chi connectivity index (χ4v) is 7.35. The Morgan fingerprint density at radius 2 is 1.35 bits per heavy atom. The van der Waals surface area contributed by atoms with Crippen LogP contribution < -0.4 is 14.2 Å².